The number of fused-ring (bicyclic) bond motifs is 3. The van der Waals surface area contributed by atoms with Crippen LogP contribution in [-0.4, -0.2) is 87.7 Å². The van der Waals surface area contributed by atoms with Crippen molar-refractivity contribution in [2.24, 2.45) is 0 Å². The van der Waals surface area contributed by atoms with E-state index in [-0.39, 0.29) is 0 Å². The largest absolute Gasteiger partial charge is 0.593 e. The van der Waals surface area contributed by atoms with Crippen LogP contribution in [0.4, 0.5) is 0 Å². The van der Waals surface area contributed by atoms with Crippen LogP contribution < -0.4 is 4.74 Å². The third-order valence-electron chi connectivity index (χ3n) is 6.98. The first-order chi connectivity index (χ1) is 17.1. The fourth-order valence-electron chi connectivity index (χ4n) is 4.86. The Morgan fingerprint density at radius 3 is 2.46 bits per heavy atom. The van der Waals surface area contributed by atoms with E-state index in [9.17, 15) is 4.55 Å². The van der Waals surface area contributed by atoms with Crippen LogP contribution in [0.3, 0.4) is 0 Å². The Bertz CT molecular complexity index is 1170. The summed E-state index contributed by atoms with van der Waals surface area (Å²) in [5.74, 6) is 1.79. The molecule has 1 aromatic heterocycles. The molecule has 0 radical (unpaired) electrons. The van der Waals surface area contributed by atoms with Gasteiger partial charge in [-0.05, 0) is 54.6 Å². The third-order valence-corrected chi connectivity index (χ3v) is 8.49. The summed E-state index contributed by atoms with van der Waals surface area (Å²) < 4.78 is 28.7. The number of hydrogen-bond donors (Lipinski definition) is 0. The summed E-state index contributed by atoms with van der Waals surface area (Å²) in [5, 5.41) is 0. The number of imidazole rings is 1. The molecule has 3 aliphatic rings. The van der Waals surface area contributed by atoms with Crippen molar-refractivity contribution in [1.29, 1.82) is 0 Å². The van der Waals surface area contributed by atoms with Gasteiger partial charge in [0, 0.05) is 38.9 Å². The zero-order chi connectivity index (χ0) is 23.8. The summed E-state index contributed by atoms with van der Waals surface area (Å²) in [6.07, 6.45) is 2.13. The monoisotopic (exact) mass is 493 g/mol. The zero-order valence-electron chi connectivity index (χ0n) is 20.1. The normalized spacial score (nSPS) is 20.2. The molecule has 35 heavy (non-hydrogen) atoms. The minimum atomic E-state index is -1.12. The summed E-state index contributed by atoms with van der Waals surface area (Å²) in [4.78, 5) is 10.3. The Balaban J connectivity index is 1.18. The Hall–Kier alpha value is -2.40. The first-order valence-corrected chi connectivity index (χ1v) is 13.3. The molecule has 8 nitrogen and oxygen atoms in total. The van der Waals surface area contributed by atoms with E-state index >= 15 is 0 Å². The standard InChI is InChI=1S/C26H31N5O3S/c1-28-8-10-30(11-9-28)35(32)23-5-2-20(3-6-23)21-4-7-24-25(16-21)34-19-26-27-22(18-31(24)26)17-29-12-14-33-15-13-29/h2-7,16,18H,8-15,17,19H2,1H3. The second-order valence-electron chi connectivity index (χ2n) is 9.38. The highest BCUT2D eigenvalue weighted by Crippen LogP contribution is 2.34. The topological polar surface area (TPSA) is 69.1 Å². The molecule has 1 atom stereocenters. The molecule has 0 N–H and O–H groups in total. The summed E-state index contributed by atoms with van der Waals surface area (Å²) in [6.45, 7) is 8.32. The van der Waals surface area contributed by atoms with Crippen molar-refractivity contribution in [3.05, 3.63) is 60.2 Å². The van der Waals surface area contributed by atoms with Crippen LogP contribution in [-0.2, 0) is 29.3 Å². The zero-order valence-corrected chi connectivity index (χ0v) is 20.9. The lowest BCUT2D eigenvalue weighted by molar-refractivity contribution is 0.0337. The molecule has 9 heteroatoms. The van der Waals surface area contributed by atoms with E-state index in [0.717, 1.165) is 98.0 Å². The maximum absolute atomic E-state index is 13.0. The van der Waals surface area contributed by atoms with Crippen LogP contribution in [0.5, 0.6) is 5.75 Å². The predicted octanol–water partition coefficient (Wildman–Crippen LogP) is 2.53. The van der Waals surface area contributed by atoms with Crippen LogP contribution in [0.15, 0.2) is 53.6 Å². The third kappa shape index (κ3) is 4.84. The van der Waals surface area contributed by atoms with Crippen LogP contribution in [0.25, 0.3) is 16.8 Å². The van der Waals surface area contributed by atoms with E-state index in [4.69, 9.17) is 14.5 Å². The van der Waals surface area contributed by atoms with Crippen LogP contribution in [0, 0.1) is 0 Å². The quantitative estimate of drug-likeness (QED) is 0.506. The van der Waals surface area contributed by atoms with Gasteiger partial charge >= 0.3 is 0 Å². The summed E-state index contributed by atoms with van der Waals surface area (Å²) in [6, 6.07) is 14.4. The molecule has 4 heterocycles. The molecule has 3 aliphatic heterocycles. The molecule has 0 bridgehead atoms. The van der Waals surface area contributed by atoms with Gasteiger partial charge in [-0.3, -0.25) is 9.47 Å². The number of hydrogen-bond acceptors (Lipinski definition) is 7. The molecule has 2 saturated heterocycles. The van der Waals surface area contributed by atoms with Gasteiger partial charge in [0.25, 0.3) is 0 Å². The van der Waals surface area contributed by atoms with Crippen molar-refractivity contribution in [3.63, 3.8) is 0 Å². The van der Waals surface area contributed by atoms with E-state index in [2.05, 4.69) is 62.2 Å². The second-order valence-corrected chi connectivity index (χ2v) is 10.9. The van der Waals surface area contributed by atoms with E-state index in [1.165, 1.54) is 0 Å². The van der Waals surface area contributed by atoms with Gasteiger partial charge in [0.15, 0.2) is 10.7 Å². The lowest BCUT2D eigenvalue weighted by atomic mass is 10.0. The molecular weight excluding hydrogens is 462 g/mol. The van der Waals surface area contributed by atoms with Gasteiger partial charge in [-0.2, -0.15) is 0 Å². The Kier molecular flexibility index (Phi) is 6.53. The maximum atomic E-state index is 13.0. The van der Waals surface area contributed by atoms with Crippen molar-refractivity contribution in [1.82, 2.24) is 23.7 Å². The summed E-state index contributed by atoms with van der Waals surface area (Å²) in [5.41, 5.74) is 4.24. The van der Waals surface area contributed by atoms with Gasteiger partial charge in [-0.25, -0.2) is 4.98 Å². The summed E-state index contributed by atoms with van der Waals surface area (Å²) in [7, 11) is 2.11. The average Bonchev–Trinajstić information content (AvgIpc) is 3.32. The molecule has 184 valence electrons. The lowest BCUT2D eigenvalue weighted by Crippen LogP contribution is -2.46. The molecule has 6 rings (SSSR count). The average molecular weight is 494 g/mol. The van der Waals surface area contributed by atoms with E-state index in [1.807, 2.05) is 12.1 Å². The smallest absolute Gasteiger partial charge is 0.174 e. The Morgan fingerprint density at radius 1 is 0.943 bits per heavy atom. The van der Waals surface area contributed by atoms with Gasteiger partial charge < -0.3 is 18.9 Å². The lowest BCUT2D eigenvalue weighted by Gasteiger charge is -2.31. The van der Waals surface area contributed by atoms with E-state index in [0.29, 0.717) is 6.61 Å². The minimum absolute atomic E-state index is 0.461. The molecule has 3 aromatic rings. The van der Waals surface area contributed by atoms with E-state index < -0.39 is 11.4 Å². The molecular formula is C26H31N5O3S. The predicted molar refractivity (Wildman–Crippen MR) is 135 cm³/mol. The number of rotatable bonds is 5. The molecule has 0 amide bonds. The van der Waals surface area contributed by atoms with Gasteiger partial charge in [-0.15, -0.1) is 4.31 Å². The van der Waals surface area contributed by atoms with Gasteiger partial charge in [0.2, 0.25) is 0 Å². The first kappa shape index (κ1) is 23.0. The van der Waals surface area contributed by atoms with Crippen LogP contribution in [0.2, 0.25) is 0 Å². The Labute approximate surface area is 209 Å². The first-order valence-electron chi connectivity index (χ1n) is 12.2. The maximum Gasteiger partial charge on any atom is 0.174 e. The minimum Gasteiger partial charge on any atom is -0.593 e. The van der Waals surface area contributed by atoms with Gasteiger partial charge in [0.1, 0.15) is 12.4 Å². The van der Waals surface area contributed by atoms with Gasteiger partial charge in [-0.1, -0.05) is 6.07 Å². The highest BCUT2D eigenvalue weighted by atomic mass is 32.2. The van der Waals surface area contributed by atoms with Gasteiger partial charge in [0.05, 0.1) is 49.0 Å². The SMILES string of the molecule is CN1CCN([S+]([O-])c2ccc(-c3ccc4c(c3)OCc3nc(CN5CCOCC5)cn3-4)cc2)CC1. The number of morpholine rings is 1. The molecule has 0 spiro atoms. The fraction of sp³-hybridized carbons (Fsp3) is 0.423. The van der Waals surface area contributed by atoms with Crippen molar-refractivity contribution >= 4 is 11.4 Å². The van der Waals surface area contributed by atoms with Crippen molar-refractivity contribution in [2.45, 2.75) is 18.0 Å². The second kappa shape index (κ2) is 9.93. The molecule has 2 fully saturated rings. The Morgan fingerprint density at radius 2 is 1.69 bits per heavy atom. The number of nitrogens with zero attached hydrogens (tertiary/aromatic N) is 5. The highest BCUT2D eigenvalue weighted by Gasteiger charge is 2.26. The van der Waals surface area contributed by atoms with Crippen molar-refractivity contribution in [3.8, 4) is 22.6 Å². The number of piperazine rings is 1. The molecule has 0 saturated carbocycles. The van der Waals surface area contributed by atoms with Crippen molar-refractivity contribution in [2.75, 3.05) is 59.5 Å². The number of aromatic nitrogens is 2. The molecule has 2 aromatic carbocycles. The van der Waals surface area contributed by atoms with Crippen LogP contribution in [0.1, 0.15) is 11.5 Å². The summed E-state index contributed by atoms with van der Waals surface area (Å²) >= 11 is -1.12. The van der Waals surface area contributed by atoms with Crippen LogP contribution >= 0.6 is 0 Å². The number of ether oxygens (including phenoxy) is 2. The fourth-order valence-corrected chi connectivity index (χ4v) is 6.03. The highest BCUT2D eigenvalue weighted by molar-refractivity contribution is 7.89. The number of likely N-dealkylation sites (N-methyl/N-ethyl adjacent to an activating group) is 1. The molecule has 0 aliphatic carbocycles. The van der Waals surface area contributed by atoms with Crippen molar-refractivity contribution < 1.29 is 14.0 Å². The van der Waals surface area contributed by atoms with E-state index in [1.54, 1.807) is 0 Å². The number of benzene rings is 2. The molecule has 1 unspecified atom stereocenters.